The van der Waals surface area contributed by atoms with Gasteiger partial charge in [0.2, 0.25) is 0 Å². The lowest BCUT2D eigenvalue weighted by molar-refractivity contribution is 0.298. The van der Waals surface area contributed by atoms with Gasteiger partial charge in [-0.05, 0) is 29.8 Å². The fourth-order valence-electron chi connectivity index (χ4n) is 1.46. The molecular weight excluding hydrogens is 219 g/mol. The lowest BCUT2D eigenvalue weighted by Gasteiger charge is -2.08. The molecule has 4 heteroatoms. The monoisotopic (exact) mass is 232 g/mol. The molecule has 0 saturated heterocycles. The van der Waals surface area contributed by atoms with Crippen molar-refractivity contribution in [2.75, 3.05) is 0 Å². The molecule has 0 bridgehead atoms. The lowest BCUT2D eigenvalue weighted by Crippen LogP contribution is -2.02. The Hall–Kier alpha value is -1.94. The maximum absolute atomic E-state index is 13.5. The third-order valence-electron chi connectivity index (χ3n) is 2.37. The molecule has 0 fully saturated rings. The Kier molecular flexibility index (Phi) is 3.67. The van der Waals surface area contributed by atoms with Gasteiger partial charge < -0.3 is 10.5 Å². The van der Waals surface area contributed by atoms with Gasteiger partial charge in [-0.15, -0.1) is 0 Å². The highest BCUT2D eigenvalue weighted by Gasteiger charge is 2.04. The first-order valence-corrected chi connectivity index (χ1v) is 5.30. The molecule has 17 heavy (non-hydrogen) atoms. The van der Waals surface area contributed by atoms with Crippen molar-refractivity contribution in [2.24, 2.45) is 5.73 Å². The van der Waals surface area contributed by atoms with Gasteiger partial charge in [0.05, 0.1) is 6.20 Å². The van der Waals surface area contributed by atoms with Crippen molar-refractivity contribution in [3.63, 3.8) is 0 Å². The Bertz CT molecular complexity index is 488. The molecule has 0 atom stereocenters. The van der Waals surface area contributed by atoms with Crippen molar-refractivity contribution in [1.29, 1.82) is 0 Å². The Morgan fingerprint density at radius 3 is 2.88 bits per heavy atom. The number of nitrogens with two attached hydrogens (primary N) is 1. The molecule has 0 spiro atoms. The van der Waals surface area contributed by atoms with Crippen LogP contribution in [0.4, 0.5) is 4.39 Å². The topological polar surface area (TPSA) is 48.1 Å². The molecule has 2 N–H and O–H groups in total. The van der Waals surface area contributed by atoms with Crippen LogP contribution in [0.2, 0.25) is 0 Å². The highest BCUT2D eigenvalue weighted by Crippen LogP contribution is 2.14. The minimum absolute atomic E-state index is 0.172. The summed E-state index contributed by atoms with van der Waals surface area (Å²) in [7, 11) is 0. The van der Waals surface area contributed by atoms with E-state index < -0.39 is 0 Å². The van der Waals surface area contributed by atoms with Crippen LogP contribution < -0.4 is 10.5 Å². The fourth-order valence-corrected chi connectivity index (χ4v) is 1.46. The maximum atomic E-state index is 13.5. The van der Waals surface area contributed by atoms with Gasteiger partial charge in [0.15, 0.2) is 0 Å². The van der Waals surface area contributed by atoms with Gasteiger partial charge in [-0.2, -0.15) is 0 Å². The maximum Gasteiger partial charge on any atom is 0.138 e. The molecule has 0 aliphatic heterocycles. The molecule has 0 radical (unpaired) electrons. The number of hydrogen-bond acceptors (Lipinski definition) is 3. The normalized spacial score (nSPS) is 10.2. The number of nitrogens with zero attached hydrogens (tertiary/aromatic N) is 1. The quantitative estimate of drug-likeness (QED) is 0.879. The lowest BCUT2D eigenvalue weighted by atomic mass is 10.1. The molecule has 2 aromatic rings. The van der Waals surface area contributed by atoms with Gasteiger partial charge in [0.1, 0.15) is 18.2 Å². The third kappa shape index (κ3) is 3.01. The second-order valence-corrected chi connectivity index (χ2v) is 3.61. The Labute approximate surface area is 99.1 Å². The highest BCUT2D eigenvalue weighted by molar-refractivity contribution is 5.25. The Balaban J connectivity index is 2.08. The van der Waals surface area contributed by atoms with E-state index in [2.05, 4.69) is 4.98 Å². The van der Waals surface area contributed by atoms with Crippen LogP contribution in [-0.4, -0.2) is 4.98 Å². The van der Waals surface area contributed by atoms with Gasteiger partial charge in [0.25, 0.3) is 0 Å². The Morgan fingerprint density at radius 1 is 1.29 bits per heavy atom. The van der Waals surface area contributed by atoms with E-state index in [0.717, 1.165) is 5.56 Å². The molecule has 1 aromatic heterocycles. The van der Waals surface area contributed by atoms with E-state index in [0.29, 0.717) is 17.9 Å². The first kappa shape index (κ1) is 11.5. The first-order valence-electron chi connectivity index (χ1n) is 5.30. The number of ether oxygens (including phenoxy) is 1. The molecule has 2 rings (SSSR count). The van der Waals surface area contributed by atoms with Crippen LogP contribution in [0.5, 0.6) is 5.75 Å². The zero-order valence-corrected chi connectivity index (χ0v) is 9.27. The number of hydrogen-bond donors (Lipinski definition) is 1. The number of halogens is 1. The van der Waals surface area contributed by atoms with E-state index >= 15 is 0 Å². The summed E-state index contributed by atoms with van der Waals surface area (Å²) in [4.78, 5) is 3.91. The zero-order chi connectivity index (χ0) is 12.1. The van der Waals surface area contributed by atoms with E-state index in [1.54, 1.807) is 36.7 Å². The summed E-state index contributed by atoms with van der Waals surface area (Å²) < 4.78 is 18.9. The average molecular weight is 232 g/mol. The second kappa shape index (κ2) is 5.41. The van der Waals surface area contributed by atoms with E-state index in [4.69, 9.17) is 10.5 Å². The van der Waals surface area contributed by atoms with Crippen molar-refractivity contribution < 1.29 is 9.13 Å². The molecule has 88 valence electrons. The Morgan fingerprint density at radius 2 is 2.18 bits per heavy atom. The summed E-state index contributed by atoms with van der Waals surface area (Å²) in [6.07, 6.45) is 3.24. The first-order chi connectivity index (χ1) is 8.29. The van der Waals surface area contributed by atoms with Crippen LogP contribution >= 0.6 is 0 Å². The predicted octanol–water partition coefficient (Wildman–Crippen LogP) is 2.26. The van der Waals surface area contributed by atoms with Gasteiger partial charge in [-0.3, -0.25) is 4.98 Å². The minimum atomic E-state index is -0.286. The van der Waals surface area contributed by atoms with E-state index in [1.807, 2.05) is 0 Å². The summed E-state index contributed by atoms with van der Waals surface area (Å²) in [5, 5.41) is 0. The van der Waals surface area contributed by atoms with Crippen molar-refractivity contribution >= 4 is 0 Å². The number of rotatable bonds is 4. The van der Waals surface area contributed by atoms with Crippen LogP contribution in [0.1, 0.15) is 11.1 Å². The summed E-state index contributed by atoms with van der Waals surface area (Å²) in [6.45, 7) is 0.561. The molecule has 3 nitrogen and oxygen atoms in total. The van der Waals surface area contributed by atoms with Crippen LogP contribution in [0.3, 0.4) is 0 Å². The largest absolute Gasteiger partial charge is 0.487 e. The van der Waals surface area contributed by atoms with E-state index in [-0.39, 0.29) is 12.4 Å². The molecular formula is C13H13FN2O. The van der Waals surface area contributed by atoms with E-state index in [9.17, 15) is 4.39 Å². The summed E-state index contributed by atoms with van der Waals surface area (Å²) in [6, 6.07) is 8.33. The fraction of sp³-hybridized carbons (Fsp3) is 0.154. The standard InChI is InChI=1S/C13H13FN2O/c14-13-4-3-10(7-15)6-11(13)9-17-12-2-1-5-16-8-12/h1-6,8H,7,9,15H2. The van der Waals surface area contributed by atoms with Crippen LogP contribution in [0, 0.1) is 5.82 Å². The smallest absolute Gasteiger partial charge is 0.138 e. The predicted molar refractivity (Wildman–Crippen MR) is 62.9 cm³/mol. The summed E-state index contributed by atoms with van der Waals surface area (Å²) >= 11 is 0. The number of aromatic nitrogens is 1. The SMILES string of the molecule is NCc1ccc(F)c(COc2cccnc2)c1. The highest BCUT2D eigenvalue weighted by atomic mass is 19.1. The van der Waals surface area contributed by atoms with Gasteiger partial charge in [0, 0.05) is 18.3 Å². The number of benzene rings is 1. The van der Waals surface area contributed by atoms with E-state index in [1.165, 1.54) is 6.07 Å². The molecule has 0 aliphatic rings. The van der Waals surface area contributed by atoms with Crippen molar-refractivity contribution in [3.05, 3.63) is 59.7 Å². The van der Waals surface area contributed by atoms with Crippen LogP contribution in [-0.2, 0) is 13.2 Å². The van der Waals surface area contributed by atoms with Crippen molar-refractivity contribution in [2.45, 2.75) is 13.2 Å². The van der Waals surface area contributed by atoms with Crippen LogP contribution in [0.25, 0.3) is 0 Å². The number of pyridine rings is 1. The molecule has 0 amide bonds. The molecule has 0 unspecified atom stereocenters. The second-order valence-electron chi connectivity index (χ2n) is 3.61. The van der Waals surface area contributed by atoms with Crippen LogP contribution in [0.15, 0.2) is 42.7 Å². The molecule has 0 aliphatic carbocycles. The molecule has 0 saturated carbocycles. The van der Waals surface area contributed by atoms with Gasteiger partial charge in [-0.25, -0.2) is 4.39 Å². The van der Waals surface area contributed by atoms with Crippen molar-refractivity contribution in [1.82, 2.24) is 4.98 Å². The minimum Gasteiger partial charge on any atom is -0.487 e. The summed E-state index contributed by atoms with van der Waals surface area (Å²) in [5.74, 6) is 0.330. The molecule has 1 aromatic carbocycles. The zero-order valence-electron chi connectivity index (χ0n) is 9.27. The summed E-state index contributed by atoms with van der Waals surface area (Å²) in [5.41, 5.74) is 6.89. The van der Waals surface area contributed by atoms with Gasteiger partial charge in [-0.1, -0.05) is 6.07 Å². The average Bonchev–Trinajstić information content (AvgIpc) is 2.39. The van der Waals surface area contributed by atoms with Crippen molar-refractivity contribution in [3.8, 4) is 5.75 Å². The van der Waals surface area contributed by atoms with Gasteiger partial charge >= 0.3 is 0 Å². The third-order valence-corrected chi connectivity index (χ3v) is 2.37. The molecule has 1 heterocycles.